The molecule has 0 aromatic carbocycles. The number of aromatic nitrogens is 4. The maximum atomic E-state index is 12.3. The van der Waals surface area contributed by atoms with Crippen molar-refractivity contribution in [1.29, 1.82) is 0 Å². The van der Waals surface area contributed by atoms with Crippen molar-refractivity contribution in [3.05, 3.63) is 45.9 Å². The van der Waals surface area contributed by atoms with Gasteiger partial charge in [0, 0.05) is 37.3 Å². The SMILES string of the molecule is O=c1ccc(C2CC2)nn1CC1CCCN1Cc1cn2c(n1)COCC2. The van der Waals surface area contributed by atoms with Gasteiger partial charge in [0.25, 0.3) is 5.56 Å². The Morgan fingerprint density at radius 3 is 2.96 bits per heavy atom. The average molecular weight is 355 g/mol. The largest absolute Gasteiger partial charge is 0.372 e. The summed E-state index contributed by atoms with van der Waals surface area (Å²) in [6, 6.07) is 3.94. The molecule has 0 N–H and O–H groups in total. The molecule has 1 saturated carbocycles. The minimum atomic E-state index is 0.0101. The predicted molar refractivity (Wildman–Crippen MR) is 95.8 cm³/mol. The molecule has 4 heterocycles. The summed E-state index contributed by atoms with van der Waals surface area (Å²) in [6.45, 7) is 4.83. The lowest BCUT2D eigenvalue weighted by atomic mass is 10.2. The molecule has 1 unspecified atom stereocenters. The quantitative estimate of drug-likeness (QED) is 0.813. The lowest BCUT2D eigenvalue weighted by molar-refractivity contribution is 0.0816. The van der Waals surface area contributed by atoms with Crippen LogP contribution >= 0.6 is 0 Å². The highest BCUT2D eigenvalue weighted by atomic mass is 16.5. The van der Waals surface area contributed by atoms with E-state index < -0.39 is 0 Å². The number of ether oxygens (including phenoxy) is 1. The summed E-state index contributed by atoms with van der Waals surface area (Å²) in [5.74, 6) is 1.60. The summed E-state index contributed by atoms with van der Waals surface area (Å²) in [5, 5.41) is 4.63. The van der Waals surface area contributed by atoms with Gasteiger partial charge in [-0.25, -0.2) is 9.67 Å². The van der Waals surface area contributed by atoms with E-state index >= 15 is 0 Å². The van der Waals surface area contributed by atoms with Gasteiger partial charge in [-0.2, -0.15) is 5.10 Å². The van der Waals surface area contributed by atoms with Crippen LogP contribution in [0.4, 0.5) is 0 Å². The van der Waals surface area contributed by atoms with E-state index in [2.05, 4.69) is 20.8 Å². The maximum absolute atomic E-state index is 12.3. The molecule has 2 aromatic rings. The number of likely N-dealkylation sites (tertiary alicyclic amines) is 1. The highest BCUT2D eigenvalue weighted by Crippen LogP contribution is 2.38. The lowest BCUT2D eigenvalue weighted by Gasteiger charge is -2.24. The fourth-order valence-corrected chi connectivity index (χ4v) is 4.13. The Morgan fingerprint density at radius 2 is 2.12 bits per heavy atom. The normalized spacial score (nSPS) is 23.3. The van der Waals surface area contributed by atoms with E-state index in [-0.39, 0.29) is 5.56 Å². The van der Waals surface area contributed by atoms with Gasteiger partial charge in [-0.3, -0.25) is 9.69 Å². The second-order valence-electron chi connectivity index (χ2n) is 7.71. The number of fused-ring (bicyclic) bond motifs is 1. The first-order valence-corrected chi connectivity index (χ1v) is 9.71. The van der Waals surface area contributed by atoms with Gasteiger partial charge in [-0.05, 0) is 38.3 Å². The third-order valence-corrected chi connectivity index (χ3v) is 5.75. The van der Waals surface area contributed by atoms with Crippen LogP contribution in [0.25, 0.3) is 0 Å². The Labute approximate surface area is 152 Å². The van der Waals surface area contributed by atoms with Crippen molar-refractivity contribution in [3.63, 3.8) is 0 Å². The van der Waals surface area contributed by atoms with Gasteiger partial charge in [0.15, 0.2) is 0 Å². The first-order valence-electron chi connectivity index (χ1n) is 9.71. The molecule has 3 aliphatic rings. The van der Waals surface area contributed by atoms with Gasteiger partial charge in [-0.15, -0.1) is 0 Å². The Morgan fingerprint density at radius 1 is 1.19 bits per heavy atom. The molecule has 0 amide bonds. The first kappa shape index (κ1) is 16.2. The van der Waals surface area contributed by atoms with Crippen molar-refractivity contribution in [2.24, 2.45) is 0 Å². The fraction of sp³-hybridized carbons (Fsp3) is 0.632. The van der Waals surface area contributed by atoms with Gasteiger partial charge >= 0.3 is 0 Å². The summed E-state index contributed by atoms with van der Waals surface area (Å²) < 4.78 is 9.37. The average Bonchev–Trinajstić information content (AvgIpc) is 3.28. The molecule has 5 rings (SSSR count). The third kappa shape index (κ3) is 3.21. The van der Waals surface area contributed by atoms with Crippen LogP contribution in [0.15, 0.2) is 23.1 Å². The summed E-state index contributed by atoms with van der Waals surface area (Å²) in [6.07, 6.45) is 6.84. The van der Waals surface area contributed by atoms with Crippen LogP contribution in [0.2, 0.25) is 0 Å². The van der Waals surface area contributed by atoms with Crippen LogP contribution in [-0.2, 0) is 31.0 Å². The fourth-order valence-electron chi connectivity index (χ4n) is 4.13. The van der Waals surface area contributed by atoms with E-state index in [4.69, 9.17) is 9.72 Å². The Hall–Kier alpha value is -1.99. The Kier molecular flexibility index (Phi) is 4.13. The summed E-state index contributed by atoms with van der Waals surface area (Å²) in [5.41, 5.74) is 2.19. The number of nitrogens with zero attached hydrogens (tertiary/aromatic N) is 5. The van der Waals surface area contributed by atoms with Crippen molar-refractivity contribution < 1.29 is 4.74 Å². The molecule has 7 heteroatoms. The maximum Gasteiger partial charge on any atom is 0.266 e. The van der Waals surface area contributed by atoms with E-state index in [0.717, 1.165) is 49.9 Å². The molecular formula is C19H25N5O2. The van der Waals surface area contributed by atoms with E-state index in [1.54, 1.807) is 10.7 Å². The predicted octanol–water partition coefficient (Wildman–Crippen LogP) is 1.51. The number of hydrogen-bond donors (Lipinski definition) is 0. The van der Waals surface area contributed by atoms with Crippen LogP contribution in [0.5, 0.6) is 0 Å². The highest BCUT2D eigenvalue weighted by Gasteiger charge is 2.28. The van der Waals surface area contributed by atoms with Crippen molar-refractivity contribution in [2.75, 3.05) is 13.2 Å². The standard InChI is InChI=1S/C19H25N5O2/c25-19-6-5-17(14-3-4-14)21-24(19)12-16-2-1-7-22(16)10-15-11-23-8-9-26-13-18(23)20-15/h5-6,11,14,16H,1-4,7-10,12-13H2. The molecule has 0 bridgehead atoms. The summed E-state index contributed by atoms with van der Waals surface area (Å²) >= 11 is 0. The van der Waals surface area contributed by atoms with Crippen molar-refractivity contribution in [3.8, 4) is 0 Å². The van der Waals surface area contributed by atoms with Crippen LogP contribution < -0.4 is 5.56 Å². The Bertz CT molecular complexity index is 830. The molecule has 1 aliphatic carbocycles. The molecule has 1 atom stereocenters. The lowest BCUT2D eigenvalue weighted by Crippen LogP contribution is -2.37. The van der Waals surface area contributed by atoms with Crippen molar-refractivity contribution in [1.82, 2.24) is 24.2 Å². The van der Waals surface area contributed by atoms with E-state index in [1.807, 2.05) is 6.07 Å². The van der Waals surface area contributed by atoms with Gasteiger partial charge in [0.2, 0.25) is 0 Å². The zero-order valence-corrected chi connectivity index (χ0v) is 15.0. The topological polar surface area (TPSA) is 65.2 Å². The van der Waals surface area contributed by atoms with E-state index in [0.29, 0.717) is 25.1 Å². The van der Waals surface area contributed by atoms with Crippen molar-refractivity contribution >= 4 is 0 Å². The highest BCUT2D eigenvalue weighted by molar-refractivity contribution is 5.12. The molecule has 7 nitrogen and oxygen atoms in total. The minimum Gasteiger partial charge on any atom is -0.372 e. The van der Waals surface area contributed by atoms with Gasteiger partial charge < -0.3 is 9.30 Å². The molecule has 2 aromatic heterocycles. The molecular weight excluding hydrogens is 330 g/mol. The monoisotopic (exact) mass is 355 g/mol. The minimum absolute atomic E-state index is 0.0101. The number of hydrogen-bond acceptors (Lipinski definition) is 5. The van der Waals surface area contributed by atoms with Gasteiger partial charge in [0.05, 0.1) is 24.5 Å². The van der Waals surface area contributed by atoms with Crippen LogP contribution in [0, 0.1) is 0 Å². The molecule has 26 heavy (non-hydrogen) atoms. The summed E-state index contributed by atoms with van der Waals surface area (Å²) in [4.78, 5) is 19.4. The molecule has 0 spiro atoms. The van der Waals surface area contributed by atoms with E-state index in [1.165, 1.54) is 19.3 Å². The smallest absolute Gasteiger partial charge is 0.266 e. The molecule has 0 radical (unpaired) electrons. The van der Waals surface area contributed by atoms with Gasteiger partial charge in [0.1, 0.15) is 12.4 Å². The van der Waals surface area contributed by atoms with E-state index in [9.17, 15) is 4.79 Å². The molecule has 2 fully saturated rings. The van der Waals surface area contributed by atoms with Crippen molar-refractivity contribution in [2.45, 2.75) is 63.9 Å². The molecule has 1 saturated heterocycles. The molecule has 2 aliphatic heterocycles. The van der Waals surface area contributed by atoms with Crippen LogP contribution in [0.1, 0.15) is 48.8 Å². The third-order valence-electron chi connectivity index (χ3n) is 5.75. The van der Waals surface area contributed by atoms with Gasteiger partial charge in [-0.1, -0.05) is 0 Å². The zero-order chi connectivity index (χ0) is 17.5. The first-order chi connectivity index (χ1) is 12.8. The summed E-state index contributed by atoms with van der Waals surface area (Å²) in [7, 11) is 0. The van der Waals surface area contributed by atoms with Crippen LogP contribution in [-0.4, -0.2) is 43.4 Å². The zero-order valence-electron chi connectivity index (χ0n) is 15.0. The van der Waals surface area contributed by atoms with Crippen LogP contribution in [0.3, 0.4) is 0 Å². The number of imidazole rings is 1. The second-order valence-corrected chi connectivity index (χ2v) is 7.71. The number of rotatable bonds is 5. The molecule has 138 valence electrons. The Balaban J connectivity index is 1.30. The second kappa shape index (κ2) is 6.63.